The van der Waals surface area contributed by atoms with E-state index in [0.29, 0.717) is 5.02 Å². The molecule has 0 N–H and O–H groups in total. The topological polar surface area (TPSA) is 26.3 Å². The molecule has 2 nitrogen and oxygen atoms in total. The molecule has 1 rings (SSSR count). The second-order valence-electron chi connectivity index (χ2n) is 3.19. The number of hydrogen-bond acceptors (Lipinski definition) is 2. The van der Waals surface area contributed by atoms with Crippen molar-refractivity contribution >= 4 is 29.2 Å². The van der Waals surface area contributed by atoms with Gasteiger partial charge >= 0.3 is 5.97 Å². The van der Waals surface area contributed by atoms with E-state index in [4.69, 9.17) is 27.9 Å². The average molecular weight is 245 g/mol. The van der Waals surface area contributed by atoms with Crippen molar-refractivity contribution in [3.63, 3.8) is 0 Å². The summed E-state index contributed by atoms with van der Waals surface area (Å²) in [6.07, 6.45) is 1.39. The number of ether oxygens (including phenoxy) is 1. The van der Waals surface area contributed by atoms with Crippen molar-refractivity contribution in [3.8, 4) is 5.75 Å². The molecule has 1 aromatic carbocycles. The van der Waals surface area contributed by atoms with Gasteiger partial charge in [0, 0.05) is 6.08 Å². The average Bonchev–Trinajstić information content (AvgIpc) is 2.11. The van der Waals surface area contributed by atoms with Crippen LogP contribution in [0.2, 0.25) is 10.0 Å². The third-order valence-corrected chi connectivity index (χ3v) is 2.33. The van der Waals surface area contributed by atoms with Gasteiger partial charge in [-0.1, -0.05) is 34.8 Å². The molecule has 0 atom stereocenters. The largest absolute Gasteiger partial charge is 0.422 e. The van der Waals surface area contributed by atoms with Gasteiger partial charge in [0.2, 0.25) is 0 Å². The van der Waals surface area contributed by atoms with Gasteiger partial charge in [-0.2, -0.15) is 0 Å². The van der Waals surface area contributed by atoms with Crippen LogP contribution in [0.1, 0.15) is 13.8 Å². The number of allylic oxidation sites excluding steroid dienone is 1. The Morgan fingerprint density at radius 3 is 2.60 bits per heavy atom. The SMILES string of the molecule is CC(C)=CC(=O)Oc1cccc(Cl)c1Cl. The summed E-state index contributed by atoms with van der Waals surface area (Å²) in [4.78, 5) is 11.3. The molecule has 0 aliphatic carbocycles. The summed E-state index contributed by atoms with van der Waals surface area (Å²) in [7, 11) is 0. The van der Waals surface area contributed by atoms with E-state index >= 15 is 0 Å². The number of carbonyl (C=O) groups is 1. The van der Waals surface area contributed by atoms with Crippen LogP contribution in [0.4, 0.5) is 0 Å². The van der Waals surface area contributed by atoms with Crippen LogP contribution in [0, 0.1) is 0 Å². The van der Waals surface area contributed by atoms with E-state index in [1.165, 1.54) is 6.08 Å². The number of halogens is 2. The van der Waals surface area contributed by atoms with Crippen molar-refractivity contribution in [3.05, 3.63) is 39.9 Å². The highest BCUT2D eigenvalue weighted by Crippen LogP contribution is 2.31. The Kier molecular flexibility index (Phi) is 4.18. The molecule has 0 saturated heterocycles. The van der Waals surface area contributed by atoms with E-state index in [1.807, 2.05) is 0 Å². The van der Waals surface area contributed by atoms with Crippen molar-refractivity contribution in [2.24, 2.45) is 0 Å². The predicted octanol–water partition coefficient (Wildman–Crippen LogP) is 3.87. The van der Waals surface area contributed by atoms with Crippen molar-refractivity contribution < 1.29 is 9.53 Å². The molecule has 0 unspecified atom stereocenters. The molecule has 0 aliphatic rings. The number of esters is 1. The van der Waals surface area contributed by atoms with Gasteiger partial charge in [-0.05, 0) is 26.0 Å². The summed E-state index contributed by atoms with van der Waals surface area (Å²) < 4.78 is 5.01. The third-order valence-electron chi connectivity index (χ3n) is 1.53. The fourth-order valence-electron chi connectivity index (χ4n) is 0.936. The zero-order valence-corrected chi connectivity index (χ0v) is 9.89. The molecule has 0 saturated carbocycles. The van der Waals surface area contributed by atoms with Crippen LogP contribution >= 0.6 is 23.2 Å². The first-order valence-corrected chi connectivity index (χ1v) is 5.07. The minimum atomic E-state index is -0.459. The Morgan fingerprint density at radius 2 is 2.00 bits per heavy atom. The van der Waals surface area contributed by atoms with Crippen LogP contribution in [-0.4, -0.2) is 5.97 Å². The van der Waals surface area contributed by atoms with Crippen LogP contribution < -0.4 is 4.74 Å². The second kappa shape index (κ2) is 5.19. The summed E-state index contributed by atoms with van der Waals surface area (Å²) in [6, 6.07) is 4.88. The van der Waals surface area contributed by atoms with Gasteiger partial charge < -0.3 is 4.74 Å². The summed E-state index contributed by atoms with van der Waals surface area (Å²) in [5, 5.41) is 0.605. The minimum absolute atomic E-state index is 0.245. The zero-order valence-electron chi connectivity index (χ0n) is 8.38. The van der Waals surface area contributed by atoms with Gasteiger partial charge in [-0.15, -0.1) is 0 Å². The van der Waals surface area contributed by atoms with Crippen LogP contribution in [0.25, 0.3) is 0 Å². The Labute approximate surface area is 98.4 Å². The number of benzene rings is 1. The first-order valence-electron chi connectivity index (χ1n) is 4.31. The number of rotatable bonds is 2. The van der Waals surface area contributed by atoms with Gasteiger partial charge in [0.05, 0.1) is 5.02 Å². The lowest BCUT2D eigenvalue weighted by atomic mass is 10.3. The molecule has 0 radical (unpaired) electrons. The van der Waals surface area contributed by atoms with Gasteiger partial charge in [0.15, 0.2) is 5.75 Å². The van der Waals surface area contributed by atoms with E-state index < -0.39 is 5.97 Å². The lowest BCUT2D eigenvalue weighted by Crippen LogP contribution is -2.04. The Bertz CT molecular complexity index is 407. The number of hydrogen-bond donors (Lipinski definition) is 0. The molecule has 0 fully saturated rings. The lowest BCUT2D eigenvalue weighted by Gasteiger charge is -2.04. The fourth-order valence-corrected chi connectivity index (χ4v) is 1.27. The van der Waals surface area contributed by atoms with Gasteiger partial charge in [-0.3, -0.25) is 0 Å². The van der Waals surface area contributed by atoms with E-state index in [-0.39, 0.29) is 10.8 Å². The molecular formula is C11H10Cl2O2. The van der Waals surface area contributed by atoms with Gasteiger partial charge in [0.1, 0.15) is 5.02 Å². The first-order chi connectivity index (χ1) is 7.00. The zero-order chi connectivity index (χ0) is 11.4. The van der Waals surface area contributed by atoms with Gasteiger partial charge in [0.25, 0.3) is 0 Å². The first kappa shape index (κ1) is 12.1. The molecule has 0 heterocycles. The fraction of sp³-hybridized carbons (Fsp3) is 0.182. The van der Waals surface area contributed by atoms with E-state index in [1.54, 1.807) is 32.0 Å². The molecular weight excluding hydrogens is 235 g/mol. The summed E-state index contributed by atoms with van der Waals surface area (Å²) in [5.74, 6) is -0.189. The highest BCUT2D eigenvalue weighted by Gasteiger charge is 2.08. The molecule has 15 heavy (non-hydrogen) atoms. The van der Waals surface area contributed by atoms with Crippen molar-refractivity contribution in [2.45, 2.75) is 13.8 Å². The maximum atomic E-state index is 11.3. The smallest absolute Gasteiger partial charge is 0.336 e. The quantitative estimate of drug-likeness (QED) is 0.449. The summed E-state index contributed by atoms with van der Waals surface area (Å²) >= 11 is 11.6. The molecule has 0 aliphatic heterocycles. The standard InChI is InChI=1S/C11H10Cl2O2/c1-7(2)6-10(14)15-9-5-3-4-8(12)11(9)13/h3-6H,1-2H3. The Balaban J connectivity index is 2.86. The summed E-state index contributed by atoms with van der Waals surface area (Å²) in [5.41, 5.74) is 0.859. The van der Waals surface area contributed by atoms with Crippen LogP contribution in [0.3, 0.4) is 0 Å². The predicted molar refractivity (Wildman–Crippen MR) is 61.5 cm³/mol. The summed E-state index contributed by atoms with van der Waals surface area (Å²) in [6.45, 7) is 3.61. The van der Waals surface area contributed by atoms with Crippen LogP contribution in [0.5, 0.6) is 5.75 Å². The molecule has 1 aromatic rings. The minimum Gasteiger partial charge on any atom is -0.422 e. The molecule has 4 heteroatoms. The van der Waals surface area contributed by atoms with Gasteiger partial charge in [-0.25, -0.2) is 4.79 Å². The molecule has 0 bridgehead atoms. The highest BCUT2D eigenvalue weighted by molar-refractivity contribution is 6.43. The Hall–Kier alpha value is -0.990. The molecule has 0 aromatic heterocycles. The third kappa shape index (κ3) is 3.57. The number of carbonyl (C=O) groups excluding carboxylic acids is 1. The Morgan fingerprint density at radius 1 is 1.33 bits per heavy atom. The molecule has 80 valence electrons. The van der Waals surface area contributed by atoms with E-state index in [0.717, 1.165) is 5.57 Å². The van der Waals surface area contributed by atoms with Crippen LogP contribution in [0.15, 0.2) is 29.8 Å². The molecule has 0 amide bonds. The highest BCUT2D eigenvalue weighted by atomic mass is 35.5. The maximum absolute atomic E-state index is 11.3. The van der Waals surface area contributed by atoms with Crippen molar-refractivity contribution in [2.75, 3.05) is 0 Å². The monoisotopic (exact) mass is 244 g/mol. The lowest BCUT2D eigenvalue weighted by molar-refractivity contribution is -0.129. The maximum Gasteiger partial charge on any atom is 0.336 e. The van der Waals surface area contributed by atoms with Crippen molar-refractivity contribution in [1.82, 2.24) is 0 Å². The molecule has 0 spiro atoms. The van der Waals surface area contributed by atoms with E-state index in [2.05, 4.69) is 0 Å². The van der Waals surface area contributed by atoms with Crippen LogP contribution in [-0.2, 0) is 4.79 Å². The normalized spacial score (nSPS) is 9.60. The van der Waals surface area contributed by atoms with Crippen molar-refractivity contribution in [1.29, 1.82) is 0 Å². The second-order valence-corrected chi connectivity index (χ2v) is 3.98. The van der Waals surface area contributed by atoms with E-state index in [9.17, 15) is 4.79 Å².